The third-order valence-corrected chi connectivity index (χ3v) is 5.29. The molecule has 0 radical (unpaired) electrons. The SMILES string of the molecule is Cn1nccc1-c1ccc(Nc2cccc3c2nc(-c2ccc(F)cc2)n3C)cc1. The van der Waals surface area contributed by atoms with Crippen LogP contribution >= 0.6 is 0 Å². The number of fused-ring (bicyclic) bond motifs is 1. The highest BCUT2D eigenvalue weighted by atomic mass is 19.1. The molecule has 5 nitrogen and oxygen atoms in total. The molecular weight excluding hydrogens is 377 g/mol. The number of rotatable bonds is 4. The molecule has 30 heavy (non-hydrogen) atoms. The van der Waals surface area contributed by atoms with Crippen molar-refractivity contribution >= 4 is 22.4 Å². The molecule has 2 heterocycles. The largest absolute Gasteiger partial charge is 0.354 e. The smallest absolute Gasteiger partial charge is 0.140 e. The van der Waals surface area contributed by atoms with Crippen molar-refractivity contribution in [2.45, 2.75) is 0 Å². The normalized spacial score (nSPS) is 11.2. The Morgan fingerprint density at radius 2 is 1.57 bits per heavy atom. The second kappa shape index (κ2) is 7.15. The maximum Gasteiger partial charge on any atom is 0.140 e. The number of benzene rings is 3. The van der Waals surface area contributed by atoms with E-state index >= 15 is 0 Å². The Morgan fingerprint density at radius 1 is 0.833 bits per heavy atom. The second-order valence-electron chi connectivity index (χ2n) is 7.22. The van der Waals surface area contributed by atoms with Gasteiger partial charge in [-0.1, -0.05) is 18.2 Å². The van der Waals surface area contributed by atoms with Gasteiger partial charge in [0.2, 0.25) is 0 Å². The van der Waals surface area contributed by atoms with Crippen LogP contribution in [0.25, 0.3) is 33.7 Å². The van der Waals surface area contributed by atoms with E-state index in [0.717, 1.165) is 45.1 Å². The molecule has 0 aliphatic heterocycles. The lowest BCUT2D eigenvalue weighted by molar-refractivity contribution is 0.628. The number of halogens is 1. The maximum absolute atomic E-state index is 13.3. The highest BCUT2D eigenvalue weighted by Crippen LogP contribution is 2.31. The number of aromatic nitrogens is 4. The lowest BCUT2D eigenvalue weighted by Gasteiger charge is -2.09. The molecule has 0 saturated carbocycles. The molecule has 148 valence electrons. The summed E-state index contributed by atoms with van der Waals surface area (Å²) < 4.78 is 17.2. The van der Waals surface area contributed by atoms with Gasteiger partial charge in [0, 0.05) is 31.5 Å². The van der Waals surface area contributed by atoms with Gasteiger partial charge in [0.25, 0.3) is 0 Å². The van der Waals surface area contributed by atoms with Gasteiger partial charge in [-0.15, -0.1) is 0 Å². The number of para-hydroxylation sites is 1. The summed E-state index contributed by atoms with van der Waals surface area (Å²) in [5.41, 5.74) is 6.82. The van der Waals surface area contributed by atoms with Gasteiger partial charge < -0.3 is 9.88 Å². The molecule has 5 rings (SSSR count). The average Bonchev–Trinajstić information content (AvgIpc) is 3.33. The van der Waals surface area contributed by atoms with E-state index in [-0.39, 0.29) is 5.82 Å². The second-order valence-corrected chi connectivity index (χ2v) is 7.22. The van der Waals surface area contributed by atoms with Crippen molar-refractivity contribution in [1.29, 1.82) is 0 Å². The molecule has 5 aromatic rings. The summed E-state index contributed by atoms with van der Waals surface area (Å²) in [5, 5.41) is 7.70. The van der Waals surface area contributed by atoms with Crippen LogP contribution < -0.4 is 5.32 Å². The van der Waals surface area contributed by atoms with E-state index in [1.165, 1.54) is 12.1 Å². The zero-order valence-electron chi connectivity index (χ0n) is 16.7. The Morgan fingerprint density at radius 3 is 2.27 bits per heavy atom. The van der Waals surface area contributed by atoms with Crippen LogP contribution in [0.3, 0.4) is 0 Å². The van der Waals surface area contributed by atoms with Gasteiger partial charge in [0.05, 0.1) is 16.9 Å². The van der Waals surface area contributed by atoms with Gasteiger partial charge in [0.1, 0.15) is 17.2 Å². The lowest BCUT2D eigenvalue weighted by Crippen LogP contribution is -1.94. The molecule has 6 heteroatoms. The van der Waals surface area contributed by atoms with Crippen LogP contribution in [0, 0.1) is 5.82 Å². The third-order valence-electron chi connectivity index (χ3n) is 5.29. The van der Waals surface area contributed by atoms with Crippen molar-refractivity contribution in [2.75, 3.05) is 5.32 Å². The molecule has 0 aliphatic rings. The van der Waals surface area contributed by atoms with Gasteiger partial charge in [0.15, 0.2) is 0 Å². The van der Waals surface area contributed by atoms with Crippen molar-refractivity contribution in [3.05, 3.63) is 84.8 Å². The van der Waals surface area contributed by atoms with Gasteiger partial charge >= 0.3 is 0 Å². The molecule has 0 atom stereocenters. The van der Waals surface area contributed by atoms with E-state index in [1.807, 2.05) is 59.7 Å². The predicted molar refractivity (Wildman–Crippen MR) is 118 cm³/mol. The lowest BCUT2D eigenvalue weighted by atomic mass is 10.1. The van der Waals surface area contributed by atoms with Crippen LogP contribution in [0.5, 0.6) is 0 Å². The standard InChI is InChI=1S/C24H20FN5/c1-29-22-5-3-4-20(23(22)28-24(29)17-6-10-18(25)11-7-17)27-19-12-8-16(9-13-19)21-14-15-26-30(21)2/h3-15,27H,1-2H3. The first-order valence-electron chi connectivity index (χ1n) is 9.67. The van der Waals surface area contributed by atoms with Crippen LogP contribution in [-0.2, 0) is 14.1 Å². The molecule has 3 aromatic carbocycles. The highest BCUT2D eigenvalue weighted by Gasteiger charge is 2.13. The summed E-state index contributed by atoms with van der Waals surface area (Å²) in [6.07, 6.45) is 1.79. The number of nitrogens with zero attached hydrogens (tertiary/aromatic N) is 4. The maximum atomic E-state index is 13.3. The molecular formula is C24H20FN5. The first-order valence-corrected chi connectivity index (χ1v) is 9.67. The van der Waals surface area contributed by atoms with Gasteiger partial charge in [-0.2, -0.15) is 5.10 Å². The van der Waals surface area contributed by atoms with Crippen LogP contribution in [0.15, 0.2) is 79.0 Å². The number of anilines is 2. The summed E-state index contributed by atoms with van der Waals surface area (Å²) in [5.74, 6) is 0.542. The van der Waals surface area contributed by atoms with Crippen molar-refractivity contribution in [1.82, 2.24) is 19.3 Å². The monoisotopic (exact) mass is 397 g/mol. The van der Waals surface area contributed by atoms with Crippen molar-refractivity contribution < 1.29 is 4.39 Å². The average molecular weight is 397 g/mol. The van der Waals surface area contributed by atoms with E-state index in [2.05, 4.69) is 22.5 Å². The fraction of sp³-hybridized carbons (Fsp3) is 0.0833. The fourth-order valence-corrected chi connectivity index (χ4v) is 3.71. The Bertz CT molecular complexity index is 1330. The molecule has 0 bridgehead atoms. The summed E-state index contributed by atoms with van der Waals surface area (Å²) in [6, 6.07) is 22.7. The fourth-order valence-electron chi connectivity index (χ4n) is 3.71. The van der Waals surface area contributed by atoms with Gasteiger partial charge in [-0.3, -0.25) is 4.68 Å². The van der Waals surface area contributed by atoms with Gasteiger partial charge in [-0.05, 0) is 60.2 Å². The van der Waals surface area contributed by atoms with E-state index in [0.29, 0.717) is 0 Å². The number of nitrogens with one attached hydrogen (secondary N) is 1. The number of imidazole rings is 1. The molecule has 0 unspecified atom stereocenters. The topological polar surface area (TPSA) is 47.7 Å². The van der Waals surface area contributed by atoms with Crippen molar-refractivity contribution in [2.24, 2.45) is 14.1 Å². The minimum atomic E-state index is -0.255. The van der Waals surface area contributed by atoms with Crippen LogP contribution in [0.2, 0.25) is 0 Å². The zero-order valence-corrected chi connectivity index (χ0v) is 16.7. The highest BCUT2D eigenvalue weighted by molar-refractivity contribution is 5.93. The number of aryl methyl sites for hydroxylation is 2. The summed E-state index contributed by atoms with van der Waals surface area (Å²) in [4.78, 5) is 4.84. The molecule has 0 saturated heterocycles. The third kappa shape index (κ3) is 3.12. The molecule has 0 spiro atoms. The van der Waals surface area contributed by atoms with E-state index in [1.54, 1.807) is 18.3 Å². The Balaban J connectivity index is 1.50. The molecule has 0 aliphatic carbocycles. The molecule has 0 amide bonds. The summed E-state index contributed by atoms with van der Waals surface area (Å²) in [6.45, 7) is 0. The predicted octanol–water partition coefficient (Wildman–Crippen LogP) is 5.52. The van der Waals surface area contributed by atoms with Crippen LogP contribution in [0.4, 0.5) is 15.8 Å². The molecule has 2 aromatic heterocycles. The van der Waals surface area contributed by atoms with Gasteiger partial charge in [-0.25, -0.2) is 9.37 Å². The van der Waals surface area contributed by atoms with Crippen LogP contribution in [0.1, 0.15) is 0 Å². The number of hydrogen-bond donors (Lipinski definition) is 1. The molecule has 0 fully saturated rings. The Kier molecular flexibility index (Phi) is 4.32. The minimum absolute atomic E-state index is 0.255. The Hall–Kier alpha value is -3.93. The minimum Gasteiger partial charge on any atom is -0.354 e. The van der Waals surface area contributed by atoms with E-state index in [4.69, 9.17) is 4.98 Å². The zero-order chi connectivity index (χ0) is 20.7. The summed E-state index contributed by atoms with van der Waals surface area (Å²) in [7, 11) is 3.91. The van der Waals surface area contributed by atoms with E-state index in [9.17, 15) is 4.39 Å². The van der Waals surface area contributed by atoms with Crippen molar-refractivity contribution in [3.63, 3.8) is 0 Å². The summed E-state index contributed by atoms with van der Waals surface area (Å²) >= 11 is 0. The number of hydrogen-bond acceptors (Lipinski definition) is 3. The van der Waals surface area contributed by atoms with Crippen molar-refractivity contribution in [3.8, 4) is 22.6 Å². The Labute approximate surface area is 173 Å². The van der Waals surface area contributed by atoms with Crippen LogP contribution in [-0.4, -0.2) is 19.3 Å². The quantitative estimate of drug-likeness (QED) is 0.434. The van der Waals surface area contributed by atoms with E-state index < -0.39 is 0 Å². The first-order chi connectivity index (χ1) is 14.6. The first kappa shape index (κ1) is 18.1. The molecule has 1 N–H and O–H groups in total.